The van der Waals surface area contributed by atoms with Crippen molar-refractivity contribution in [2.45, 2.75) is 6.92 Å². The summed E-state index contributed by atoms with van der Waals surface area (Å²) in [7, 11) is 3.38. The molecule has 0 aliphatic rings. The first-order valence-electron chi connectivity index (χ1n) is 5.70. The highest BCUT2D eigenvalue weighted by molar-refractivity contribution is 5.60. The molecule has 0 spiro atoms. The lowest BCUT2D eigenvalue weighted by Gasteiger charge is -1.97. The van der Waals surface area contributed by atoms with Gasteiger partial charge in [-0.05, 0) is 37.1 Å². The van der Waals surface area contributed by atoms with E-state index in [1.165, 1.54) is 0 Å². The molecule has 19 heavy (non-hydrogen) atoms. The molecule has 1 aromatic heterocycles. The van der Waals surface area contributed by atoms with Gasteiger partial charge in [0.05, 0.1) is 7.11 Å². The van der Waals surface area contributed by atoms with Gasteiger partial charge in [-0.3, -0.25) is 4.68 Å². The Morgan fingerprint density at radius 1 is 1.26 bits per heavy atom. The Labute approximate surface area is 111 Å². The molecule has 2 rings (SSSR count). The van der Waals surface area contributed by atoms with Crippen LogP contribution in [0.5, 0.6) is 5.75 Å². The van der Waals surface area contributed by atoms with Crippen molar-refractivity contribution in [3.63, 3.8) is 0 Å². The van der Waals surface area contributed by atoms with Crippen molar-refractivity contribution >= 4 is 5.69 Å². The number of ether oxygens (including phenoxy) is 1. The van der Waals surface area contributed by atoms with E-state index in [0.717, 1.165) is 11.3 Å². The standard InChI is InChI=1S/C14H13N4O/c1-10-14(16-15)13(18(2)17-10)9-6-11-4-7-12(19-3)8-5-11/h4-5,7-8H,1-3H3/q+1. The molecular weight excluding hydrogens is 240 g/mol. The average Bonchev–Trinajstić information content (AvgIpc) is 2.70. The molecule has 0 radical (unpaired) electrons. The lowest BCUT2D eigenvalue weighted by Crippen LogP contribution is -1.93. The van der Waals surface area contributed by atoms with E-state index in [0.29, 0.717) is 17.1 Å². The van der Waals surface area contributed by atoms with Gasteiger partial charge >= 0.3 is 5.69 Å². The lowest BCUT2D eigenvalue weighted by molar-refractivity contribution is 0.415. The number of hydrogen-bond acceptors (Lipinski definition) is 3. The van der Waals surface area contributed by atoms with Crippen LogP contribution in [0.25, 0.3) is 4.98 Å². The second kappa shape index (κ2) is 5.24. The van der Waals surface area contributed by atoms with Gasteiger partial charge in [0.2, 0.25) is 11.1 Å². The molecular formula is C14H13N4O+. The highest BCUT2D eigenvalue weighted by atomic mass is 16.5. The summed E-state index contributed by atoms with van der Waals surface area (Å²) in [5.41, 5.74) is 2.48. The minimum atomic E-state index is 0.406. The molecule has 0 saturated heterocycles. The van der Waals surface area contributed by atoms with Crippen molar-refractivity contribution < 1.29 is 4.74 Å². The fourth-order valence-electron chi connectivity index (χ4n) is 1.71. The largest absolute Gasteiger partial charge is 0.497 e. The maximum absolute atomic E-state index is 8.97. The van der Waals surface area contributed by atoms with Crippen LogP contribution in [0.15, 0.2) is 24.3 Å². The van der Waals surface area contributed by atoms with Crippen LogP contribution in [0.2, 0.25) is 0 Å². The molecule has 5 heteroatoms. The first-order chi connectivity index (χ1) is 9.15. The Balaban J connectivity index is 2.36. The molecule has 0 saturated carbocycles. The van der Waals surface area contributed by atoms with Crippen LogP contribution in [0.4, 0.5) is 5.69 Å². The van der Waals surface area contributed by atoms with Gasteiger partial charge in [-0.2, -0.15) is 5.10 Å². The minimum absolute atomic E-state index is 0.406. The third kappa shape index (κ3) is 2.56. The number of rotatable bonds is 1. The zero-order valence-electron chi connectivity index (χ0n) is 11.0. The first kappa shape index (κ1) is 12.7. The van der Waals surface area contributed by atoms with Gasteiger partial charge in [0.1, 0.15) is 5.75 Å². The molecule has 0 amide bonds. The fourth-order valence-corrected chi connectivity index (χ4v) is 1.71. The van der Waals surface area contributed by atoms with Gasteiger partial charge in [0.25, 0.3) is 0 Å². The third-order valence-electron chi connectivity index (χ3n) is 2.71. The minimum Gasteiger partial charge on any atom is -0.497 e. The van der Waals surface area contributed by atoms with Crippen molar-refractivity contribution in [3.05, 3.63) is 46.2 Å². The summed E-state index contributed by atoms with van der Waals surface area (Å²) in [6.45, 7) is 1.77. The Kier molecular flexibility index (Phi) is 3.49. The van der Waals surface area contributed by atoms with Crippen molar-refractivity contribution in [2.24, 2.45) is 7.05 Å². The molecule has 94 valence electrons. The molecule has 0 atom stereocenters. The maximum Gasteiger partial charge on any atom is 0.441 e. The van der Waals surface area contributed by atoms with E-state index in [2.05, 4.69) is 21.9 Å². The molecule has 1 aromatic carbocycles. The van der Waals surface area contributed by atoms with Crippen LogP contribution in [0, 0.1) is 24.2 Å². The number of diazo groups is 1. The topological polar surface area (TPSA) is 55.2 Å². The molecule has 0 N–H and O–H groups in total. The van der Waals surface area contributed by atoms with Gasteiger partial charge in [-0.1, -0.05) is 5.92 Å². The Hall–Kier alpha value is -2.79. The summed E-state index contributed by atoms with van der Waals surface area (Å²) < 4.78 is 6.68. The SMILES string of the molecule is COc1ccc(C#Cc2c([N+]#N)c(C)nn2C)cc1. The van der Waals surface area contributed by atoms with E-state index in [-0.39, 0.29) is 0 Å². The number of aryl methyl sites for hydroxylation is 2. The molecule has 5 nitrogen and oxygen atoms in total. The van der Waals surface area contributed by atoms with Crippen LogP contribution in [0.3, 0.4) is 0 Å². The highest BCUT2D eigenvalue weighted by Gasteiger charge is 2.22. The van der Waals surface area contributed by atoms with Gasteiger partial charge in [-0.25, -0.2) is 0 Å². The Morgan fingerprint density at radius 2 is 1.95 bits per heavy atom. The summed E-state index contributed by atoms with van der Waals surface area (Å²) >= 11 is 0. The molecule has 0 unspecified atom stereocenters. The van der Waals surface area contributed by atoms with E-state index < -0.39 is 0 Å². The van der Waals surface area contributed by atoms with Crippen LogP contribution in [-0.4, -0.2) is 16.9 Å². The molecule has 0 aliphatic carbocycles. The van der Waals surface area contributed by atoms with Gasteiger partial charge in [0, 0.05) is 12.6 Å². The molecule has 0 bridgehead atoms. The number of nitrogens with zero attached hydrogens (tertiary/aromatic N) is 4. The number of hydrogen-bond donors (Lipinski definition) is 0. The second-order valence-corrected chi connectivity index (χ2v) is 3.98. The quantitative estimate of drug-likeness (QED) is 0.580. The molecule has 2 aromatic rings. The van der Waals surface area contributed by atoms with Crippen molar-refractivity contribution in [1.82, 2.24) is 9.78 Å². The monoisotopic (exact) mass is 253 g/mol. The predicted octanol–water partition coefficient (Wildman–Crippen LogP) is 2.62. The highest BCUT2D eigenvalue weighted by Crippen LogP contribution is 2.22. The summed E-state index contributed by atoms with van der Waals surface area (Å²) in [5.74, 6) is 6.75. The first-order valence-corrected chi connectivity index (χ1v) is 5.70. The summed E-state index contributed by atoms with van der Waals surface area (Å²) in [6.07, 6.45) is 0. The normalized spacial score (nSPS) is 9.37. The Morgan fingerprint density at radius 3 is 2.53 bits per heavy atom. The van der Waals surface area contributed by atoms with Gasteiger partial charge < -0.3 is 4.74 Å². The summed E-state index contributed by atoms with van der Waals surface area (Å²) in [4.78, 5) is 3.22. The van der Waals surface area contributed by atoms with Crippen LogP contribution >= 0.6 is 0 Å². The van der Waals surface area contributed by atoms with Crippen LogP contribution in [0.1, 0.15) is 17.0 Å². The van der Waals surface area contributed by atoms with Crippen LogP contribution < -0.4 is 4.74 Å². The van der Waals surface area contributed by atoms with Crippen LogP contribution in [-0.2, 0) is 7.05 Å². The number of benzene rings is 1. The molecule has 0 aliphatic heterocycles. The van der Waals surface area contributed by atoms with E-state index >= 15 is 0 Å². The van der Waals surface area contributed by atoms with Crippen molar-refractivity contribution in [1.29, 1.82) is 5.39 Å². The van der Waals surface area contributed by atoms with E-state index in [9.17, 15) is 0 Å². The molecule has 0 fully saturated rings. The van der Waals surface area contributed by atoms with Crippen molar-refractivity contribution in [3.8, 4) is 17.6 Å². The van der Waals surface area contributed by atoms with Gasteiger partial charge in [-0.15, -0.1) is 0 Å². The van der Waals surface area contributed by atoms with Gasteiger partial charge in [0.15, 0.2) is 10.7 Å². The number of methoxy groups -OCH3 is 1. The average molecular weight is 253 g/mol. The summed E-state index contributed by atoms with van der Waals surface area (Å²) in [5, 5.41) is 13.1. The Bertz CT molecular complexity index is 696. The third-order valence-corrected chi connectivity index (χ3v) is 2.71. The van der Waals surface area contributed by atoms with E-state index in [1.54, 1.807) is 25.8 Å². The zero-order chi connectivity index (χ0) is 13.8. The second-order valence-electron chi connectivity index (χ2n) is 3.98. The van der Waals surface area contributed by atoms with E-state index in [4.69, 9.17) is 10.1 Å². The van der Waals surface area contributed by atoms with E-state index in [1.807, 2.05) is 24.3 Å². The fraction of sp³-hybridized carbons (Fsp3) is 0.214. The molecule has 1 heterocycles. The predicted molar refractivity (Wildman–Crippen MR) is 71.7 cm³/mol. The lowest BCUT2D eigenvalue weighted by atomic mass is 10.2. The smallest absolute Gasteiger partial charge is 0.441 e. The number of aromatic nitrogens is 2. The zero-order valence-corrected chi connectivity index (χ0v) is 11.0. The van der Waals surface area contributed by atoms with Crippen molar-refractivity contribution in [2.75, 3.05) is 7.11 Å². The maximum atomic E-state index is 8.97. The summed E-state index contributed by atoms with van der Waals surface area (Å²) in [6, 6.07) is 7.42.